The Hall–Kier alpha value is -2.27. The number of nitrogens with one attached hydrogen (secondary N) is 1. The van der Waals surface area contributed by atoms with Crippen LogP contribution in [0.3, 0.4) is 0 Å². The molecule has 18 heavy (non-hydrogen) atoms. The highest BCUT2D eigenvalue weighted by atomic mass is 16.7. The van der Waals surface area contributed by atoms with Crippen molar-refractivity contribution in [3.8, 4) is 5.75 Å². The zero-order chi connectivity index (χ0) is 13.1. The zero-order valence-corrected chi connectivity index (χ0v) is 9.75. The molecule has 2 rings (SSSR count). The van der Waals surface area contributed by atoms with Crippen LogP contribution in [-0.2, 0) is 9.63 Å². The van der Waals surface area contributed by atoms with Crippen molar-refractivity contribution < 1.29 is 19.8 Å². The van der Waals surface area contributed by atoms with Gasteiger partial charge in [-0.2, -0.15) is 0 Å². The van der Waals surface area contributed by atoms with Crippen LogP contribution in [0.15, 0.2) is 36.4 Å². The summed E-state index contributed by atoms with van der Waals surface area (Å²) < 4.78 is 0. The fourth-order valence-corrected chi connectivity index (χ4v) is 1.55. The Morgan fingerprint density at radius 2 is 2.11 bits per heavy atom. The molecule has 0 aliphatic heterocycles. The third kappa shape index (κ3) is 2.52. The van der Waals surface area contributed by atoms with E-state index < -0.39 is 12.1 Å². The van der Waals surface area contributed by atoms with Crippen molar-refractivity contribution >= 4 is 22.4 Å². The molecule has 94 valence electrons. The van der Waals surface area contributed by atoms with E-state index in [1.54, 1.807) is 24.3 Å². The molecule has 0 saturated heterocycles. The first-order valence-corrected chi connectivity index (χ1v) is 5.44. The van der Waals surface area contributed by atoms with Crippen molar-refractivity contribution in [2.45, 2.75) is 13.0 Å². The smallest absolute Gasteiger partial charge is 0.335 e. The lowest BCUT2D eigenvalue weighted by molar-refractivity contribution is -0.147. The minimum Gasteiger partial charge on any atom is -0.508 e. The Balaban J connectivity index is 2.27. The minimum absolute atomic E-state index is 0.142. The van der Waals surface area contributed by atoms with E-state index in [4.69, 9.17) is 9.94 Å². The van der Waals surface area contributed by atoms with E-state index in [1.807, 2.05) is 12.1 Å². The molecule has 0 aliphatic carbocycles. The summed E-state index contributed by atoms with van der Waals surface area (Å²) in [5.41, 5.74) is 3.21. The molecule has 0 spiro atoms. The summed E-state index contributed by atoms with van der Waals surface area (Å²) >= 11 is 0. The third-order valence-electron chi connectivity index (χ3n) is 2.56. The number of anilines is 1. The molecular weight excluding hydrogens is 234 g/mol. The van der Waals surface area contributed by atoms with Crippen molar-refractivity contribution in [3.63, 3.8) is 0 Å². The van der Waals surface area contributed by atoms with Gasteiger partial charge in [-0.3, -0.25) is 10.3 Å². The summed E-state index contributed by atoms with van der Waals surface area (Å²) in [6.45, 7) is 1.43. The number of carboxylic acid groups (broad SMARTS) is 1. The van der Waals surface area contributed by atoms with Crippen LogP contribution in [0, 0.1) is 0 Å². The predicted molar refractivity (Wildman–Crippen MR) is 67.4 cm³/mol. The van der Waals surface area contributed by atoms with Crippen LogP contribution in [0.1, 0.15) is 6.92 Å². The largest absolute Gasteiger partial charge is 0.508 e. The molecule has 1 atom stereocenters. The van der Waals surface area contributed by atoms with Crippen LogP contribution in [0.4, 0.5) is 5.69 Å². The average Bonchev–Trinajstić information content (AvgIpc) is 2.35. The summed E-state index contributed by atoms with van der Waals surface area (Å²) in [6, 6.07) is 10.4. The highest BCUT2D eigenvalue weighted by Gasteiger charge is 2.12. The number of rotatable bonds is 4. The van der Waals surface area contributed by atoms with Gasteiger partial charge in [-0.1, -0.05) is 18.2 Å². The Morgan fingerprint density at radius 3 is 2.83 bits per heavy atom. The van der Waals surface area contributed by atoms with Gasteiger partial charge < -0.3 is 10.2 Å². The quantitative estimate of drug-likeness (QED) is 0.723. The Kier molecular flexibility index (Phi) is 3.34. The summed E-state index contributed by atoms with van der Waals surface area (Å²) in [5.74, 6) is -0.909. The molecule has 0 saturated carbocycles. The first-order chi connectivity index (χ1) is 8.58. The number of hydrogen-bond donors (Lipinski definition) is 3. The summed E-state index contributed by atoms with van der Waals surface area (Å²) in [4.78, 5) is 15.6. The molecule has 0 heterocycles. The maximum absolute atomic E-state index is 10.6. The van der Waals surface area contributed by atoms with Crippen LogP contribution in [0.5, 0.6) is 5.75 Å². The maximum Gasteiger partial charge on any atom is 0.335 e. The molecule has 0 fully saturated rings. The first-order valence-electron chi connectivity index (χ1n) is 5.44. The zero-order valence-electron chi connectivity index (χ0n) is 9.75. The Morgan fingerprint density at radius 1 is 1.33 bits per heavy atom. The van der Waals surface area contributed by atoms with E-state index in [0.29, 0.717) is 5.69 Å². The van der Waals surface area contributed by atoms with Crippen molar-refractivity contribution in [3.05, 3.63) is 36.4 Å². The maximum atomic E-state index is 10.6. The first kappa shape index (κ1) is 12.2. The number of benzene rings is 2. The fourth-order valence-electron chi connectivity index (χ4n) is 1.55. The van der Waals surface area contributed by atoms with Crippen LogP contribution in [-0.4, -0.2) is 22.3 Å². The highest BCUT2D eigenvalue weighted by molar-refractivity contribution is 5.94. The van der Waals surface area contributed by atoms with E-state index in [0.717, 1.165) is 10.8 Å². The summed E-state index contributed by atoms with van der Waals surface area (Å²) in [5, 5.41) is 19.9. The molecule has 0 amide bonds. The number of carboxylic acids is 1. The van der Waals surface area contributed by atoms with E-state index >= 15 is 0 Å². The van der Waals surface area contributed by atoms with Crippen LogP contribution in [0.2, 0.25) is 0 Å². The SMILES string of the molecule is CC(ONc1cccc2ccc(O)cc12)C(=O)O. The van der Waals surface area contributed by atoms with E-state index in [9.17, 15) is 9.90 Å². The third-order valence-corrected chi connectivity index (χ3v) is 2.56. The molecule has 0 aromatic heterocycles. The Labute approximate surface area is 104 Å². The lowest BCUT2D eigenvalue weighted by Gasteiger charge is -2.12. The van der Waals surface area contributed by atoms with Gasteiger partial charge in [-0.15, -0.1) is 0 Å². The van der Waals surface area contributed by atoms with Gasteiger partial charge in [-0.25, -0.2) is 4.79 Å². The number of hydrogen-bond acceptors (Lipinski definition) is 4. The Bertz CT molecular complexity index is 582. The van der Waals surface area contributed by atoms with Gasteiger partial charge in [0.05, 0.1) is 5.69 Å². The van der Waals surface area contributed by atoms with E-state index in [1.165, 1.54) is 6.92 Å². The van der Waals surface area contributed by atoms with Crippen molar-refractivity contribution in [1.29, 1.82) is 0 Å². The monoisotopic (exact) mass is 247 g/mol. The number of fused-ring (bicyclic) bond motifs is 1. The van der Waals surface area contributed by atoms with Crippen LogP contribution < -0.4 is 5.48 Å². The second-order valence-corrected chi connectivity index (χ2v) is 3.91. The number of carbonyl (C=O) groups is 1. The highest BCUT2D eigenvalue weighted by Crippen LogP contribution is 2.27. The van der Waals surface area contributed by atoms with E-state index in [-0.39, 0.29) is 5.75 Å². The molecule has 5 nitrogen and oxygen atoms in total. The van der Waals surface area contributed by atoms with Crippen LogP contribution >= 0.6 is 0 Å². The standard InChI is InChI=1S/C13H13NO4/c1-8(13(16)17)18-14-12-4-2-3-9-5-6-10(15)7-11(9)12/h2-8,14-15H,1H3,(H,16,17). The molecule has 0 aliphatic rings. The van der Waals surface area contributed by atoms with Crippen molar-refractivity contribution in [2.75, 3.05) is 5.48 Å². The summed E-state index contributed by atoms with van der Waals surface area (Å²) in [6.07, 6.45) is -0.961. The van der Waals surface area contributed by atoms with Gasteiger partial charge in [0.1, 0.15) is 5.75 Å². The molecular formula is C13H13NO4. The lowest BCUT2D eigenvalue weighted by Crippen LogP contribution is -2.22. The van der Waals surface area contributed by atoms with Gasteiger partial charge in [-0.05, 0) is 30.5 Å². The topological polar surface area (TPSA) is 78.8 Å². The molecule has 1 unspecified atom stereocenters. The van der Waals surface area contributed by atoms with E-state index in [2.05, 4.69) is 5.48 Å². The average molecular weight is 247 g/mol. The van der Waals surface area contributed by atoms with Crippen molar-refractivity contribution in [2.24, 2.45) is 0 Å². The second kappa shape index (κ2) is 4.93. The normalized spacial score (nSPS) is 12.3. The molecule has 2 aromatic rings. The van der Waals surface area contributed by atoms with Crippen LogP contribution in [0.25, 0.3) is 10.8 Å². The minimum atomic E-state index is -1.05. The van der Waals surface area contributed by atoms with Gasteiger partial charge >= 0.3 is 5.97 Å². The lowest BCUT2D eigenvalue weighted by atomic mass is 10.1. The number of phenols is 1. The molecule has 0 radical (unpaired) electrons. The number of phenolic OH excluding ortho intramolecular Hbond substituents is 1. The predicted octanol–water partition coefficient (Wildman–Crippen LogP) is 2.36. The second-order valence-electron chi connectivity index (χ2n) is 3.91. The summed E-state index contributed by atoms with van der Waals surface area (Å²) in [7, 11) is 0. The van der Waals surface area contributed by atoms with Gasteiger partial charge in [0.2, 0.25) is 0 Å². The molecule has 2 aromatic carbocycles. The number of aromatic hydroxyl groups is 1. The molecule has 3 N–H and O–H groups in total. The van der Waals surface area contributed by atoms with Crippen molar-refractivity contribution in [1.82, 2.24) is 0 Å². The van der Waals surface area contributed by atoms with Gasteiger partial charge in [0.25, 0.3) is 0 Å². The van der Waals surface area contributed by atoms with Gasteiger partial charge in [0, 0.05) is 5.39 Å². The molecule has 5 heteroatoms. The fraction of sp³-hybridized carbons (Fsp3) is 0.154. The molecule has 0 bridgehead atoms. The van der Waals surface area contributed by atoms with Gasteiger partial charge in [0.15, 0.2) is 6.10 Å². The number of aliphatic carboxylic acids is 1.